The van der Waals surface area contributed by atoms with Crippen LogP contribution in [0.4, 0.5) is 17.1 Å². The lowest BCUT2D eigenvalue weighted by Crippen LogP contribution is -2.09. The molecule has 3 heterocycles. The Labute approximate surface area is 318 Å². The summed E-state index contributed by atoms with van der Waals surface area (Å²) in [6, 6.07) is 64.3. The van der Waals surface area contributed by atoms with E-state index in [4.69, 9.17) is 4.42 Å². The highest BCUT2D eigenvalue weighted by Gasteiger charge is 2.20. The van der Waals surface area contributed by atoms with Gasteiger partial charge in [-0.1, -0.05) is 109 Å². The topological polar surface area (TPSA) is 16.4 Å². The Kier molecular flexibility index (Phi) is 6.41. The van der Waals surface area contributed by atoms with Crippen molar-refractivity contribution in [2.75, 3.05) is 4.90 Å². The highest BCUT2D eigenvalue weighted by Crippen LogP contribution is 2.47. The highest BCUT2D eigenvalue weighted by atomic mass is 32.1. The summed E-state index contributed by atoms with van der Waals surface area (Å²) in [6.45, 7) is 0. The second-order valence-electron chi connectivity index (χ2n) is 14.1. The average molecular weight is 724 g/mol. The van der Waals surface area contributed by atoms with E-state index in [9.17, 15) is 0 Å². The zero-order valence-corrected chi connectivity index (χ0v) is 30.5. The predicted octanol–water partition coefficient (Wildman–Crippen LogP) is 15.8. The molecule has 0 spiro atoms. The van der Waals surface area contributed by atoms with Gasteiger partial charge in [-0.2, -0.15) is 0 Å². The van der Waals surface area contributed by atoms with Crippen molar-refractivity contribution in [3.05, 3.63) is 176 Å². The first-order chi connectivity index (χ1) is 26.7. The molecular formula is C50H29NOS2. The molecule has 0 saturated heterocycles. The number of anilines is 3. The fraction of sp³-hybridized carbons (Fsp3) is 0. The third kappa shape index (κ3) is 4.51. The van der Waals surface area contributed by atoms with Gasteiger partial charge in [0, 0.05) is 73.6 Å². The average Bonchev–Trinajstić information content (AvgIpc) is 3.91. The van der Waals surface area contributed by atoms with Gasteiger partial charge in [0.1, 0.15) is 11.2 Å². The molecular weight excluding hydrogens is 695 g/mol. The number of hydrogen-bond acceptors (Lipinski definition) is 4. The number of rotatable bonds is 4. The van der Waals surface area contributed by atoms with E-state index in [1.54, 1.807) is 0 Å². The van der Waals surface area contributed by atoms with Gasteiger partial charge in [0.2, 0.25) is 0 Å². The molecule has 0 amide bonds. The first kappa shape index (κ1) is 30.0. The zero-order chi connectivity index (χ0) is 35.3. The summed E-state index contributed by atoms with van der Waals surface area (Å²) in [5.41, 5.74) is 7.71. The van der Waals surface area contributed by atoms with E-state index < -0.39 is 0 Å². The lowest BCUT2D eigenvalue weighted by atomic mass is 10.0. The summed E-state index contributed by atoms with van der Waals surface area (Å²) in [7, 11) is 0. The smallest absolute Gasteiger partial charge is 0.143 e. The van der Waals surface area contributed by atoms with Crippen LogP contribution in [0.2, 0.25) is 0 Å². The summed E-state index contributed by atoms with van der Waals surface area (Å²) in [5.74, 6) is 0. The lowest BCUT2D eigenvalue weighted by Gasteiger charge is -2.26. The maximum absolute atomic E-state index is 6.59. The minimum Gasteiger partial charge on any atom is -0.455 e. The summed E-state index contributed by atoms with van der Waals surface area (Å²) in [5, 5.41) is 12.4. The van der Waals surface area contributed by atoms with Gasteiger partial charge < -0.3 is 9.32 Å². The van der Waals surface area contributed by atoms with Gasteiger partial charge in [0.25, 0.3) is 0 Å². The van der Waals surface area contributed by atoms with E-state index in [0.29, 0.717) is 0 Å². The Bertz CT molecular complexity index is 3460. The molecule has 12 aromatic rings. The standard InChI is InChI=1S/C50H29NOS2/c1-2-9-33-27-34(14-13-30(33)7-1)31-15-18-35(19-16-31)51(36-20-23-40-39-11-5-6-12-44(39)53-46(40)28-36)37-21-24-41-47(29-37)54-45-26-25-43-48(49(41)45)42-22-17-32-8-3-4-10-38(32)50(42)52-43/h1-29H. The van der Waals surface area contributed by atoms with E-state index in [-0.39, 0.29) is 0 Å². The van der Waals surface area contributed by atoms with Crippen molar-refractivity contribution in [1.29, 1.82) is 0 Å². The fourth-order valence-electron chi connectivity index (χ4n) is 8.46. The van der Waals surface area contributed by atoms with E-state index in [1.165, 1.54) is 78.4 Å². The minimum absolute atomic E-state index is 0.933. The number of fused-ring (bicyclic) bond motifs is 13. The molecule has 0 saturated carbocycles. The van der Waals surface area contributed by atoms with Crippen molar-refractivity contribution in [3.8, 4) is 11.1 Å². The summed E-state index contributed by atoms with van der Waals surface area (Å²) in [4.78, 5) is 2.41. The SMILES string of the molecule is c1ccc2cc(-c3ccc(N(c4ccc5c(c4)sc4ccccc45)c4ccc5c(c4)sc4ccc6oc7c8ccccc8ccc7c6c45)cc3)ccc2c1. The molecule has 2 nitrogen and oxygen atoms in total. The zero-order valence-electron chi connectivity index (χ0n) is 28.9. The van der Waals surface area contributed by atoms with E-state index in [0.717, 1.165) is 33.6 Å². The van der Waals surface area contributed by atoms with Gasteiger partial charge in [-0.25, -0.2) is 0 Å². The van der Waals surface area contributed by atoms with Gasteiger partial charge in [-0.05, 0) is 94.0 Å². The van der Waals surface area contributed by atoms with Gasteiger partial charge in [-0.15, -0.1) is 22.7 Å². The normalized spacial score (nSPS) is 12.1. The molecule has 0 radical (unpaired) electrons. The van der Waals surface area contributed by atoms with Crippen LogP contribution in [-0.4, -0.2) is 0 Å². The molecule has 0 aliphatic carbocycles. The summed E-state index contributed by atoms with van der Waals surface area (Å²) in [6.07, 6.45) is 0. The Morgan fingerprint density at radius 1 is 0.352 bits per heavy atom. The molecule has 9 aromatic carbocycles. The molecule has 54 heavy (non-hydrogen) atoms. The maximum Gasteiger partial charge on any atom is 0.143 e. The molecule has 0 aliphatic heterocycles. The number of thiophene rings is 2. The molecule has 0 unspecified atom stereocenters. The van der Waals surface area contributed by atoms with Gasteiger partial charge >= 0.3 is 0 Å². The van der Waals surface area contributed by atoms with E-state index >= 15 is 0 Å². The Morgan fingerprint density at radius 3 is 1.81 bits per heavy atom. The molecule has 0 aliphatic rings. The number of hydrogen-bond donors (Lipinski definition) is 0. The van der Waals surface area contributed by atoms with Gasteiger partial charge in [0.15, 0.2) is 0 Å². The monoisotopic (exact) mass is 723 g/mol. The van der Waals surface area contributed by atoms with Crippen LogP contribution in [0.25, 0.3) is 95.0 Å². The Morgan fingerprint density at radius 2 is 0.963 bits per heavy atom. The summed E-state index contributed by atoms with van der Waals surface area (Å²) < 4.78 is 11.7. The molecule has 4 heteroatoms. The molecule has 0 N–H and O–H groups in total. The van der Waals surface area contributed by atoms with Crippen LogP contribution in [0.3, 0.4) is 0 Å². The maximum atomic E-state index is 6.59. The second kappa shape index (κ2) is 11.5. The molecule has 0 bridgehead atoms. The molecule has 0 fully saturated rings. The van der Waals surface area contributed by atoms with Crippen molar-refractivity contribution in [2.24, 2.45) is 0 Å². The summed E-state index contributed by atoms with van der Waals surface area (Å²) >= 11 is 3.71. The van der Waals surface area contributed by atoms with Crippen molar-refractivity contribution in [1.82, 2.24) is 0 Å². The highest BCUT2D eigenvalue weighted by molar-refractivity contribution is 7.26. The molecule has 0 atom stereocenters. The first-order valence-electron chi connectivity index (χ1n) is 18.2. The van der Waals surface area contributed by atoms with Crippen molar-refractivity contribution < 1.29 is 4.42 Å². The van der Waals surface area contributed by atoms with Crippen LogP contribution in [0, 0.1) is 0 Å². The van der Waals surface area contributed by atoms with Crippen LogP contribution in [-0.2, 0) is 0 Å². The number of furan rings is 1. The van der Waals surface area contributed by atoms with E-state index in [1.807, 2.05) is 22.7 Å². The van der Waals surface area contributed by atoms with Gasteiger partial charge in [0.05, 0.1) is 0 Å². The molecule has 12 rings (SSSR count). The number of benzene rings is 9. The number of nitrogens with zero attached hydrogens (tertiary/aromatic N) is 1. The van der Waals surface area contributed by atoms with Crippen molar-refractivity contribution >= 4 is 124 Å². The van der Waals surface area contributed by atoms with Gasteiger partial charge in [-0.3, -0.25) is 0 Å². The van der Waals surface area contributed by atoms with Crippen LogP contribution in [0.15, 0.2) is 180 Å². The predicted molar refractivity (Wildman–Crippen MR) is 235 cm³/mol. The molecule has 252 valence electrons. The Balaban J connectivity index is 1.04. The fourth-order valence-corrected chi connectivity index (χ4v) is 10.7. The third-order valence-corrected chi connectivity index (χ3v) is 13.3. The minimum atomic E-state index is 0.933. The van der Waals surface area contributed by atoms with Crippen molar-refractivity contribution in [3.63, 3.8) is 0 Å². The quantitative estimate of drug-likeness (QED) is 0.180. The lowest BCUT2D eigenvalue weighted by molar-refractivity contribution is 0.673. The van der Waals surface area contributed by atoms with Crippen LogP contribution in [0.1, 0.15) is 0 Å². The Hall–Kier alpha value is -6.46. The largest absolute Gasteiger partial charge is 0.455 e. The molecule has 3 aromatic heterocycles. The van der Waals surface area contributed by atoms with Crippen LogP contribution >= 0.6 is 22.7 Å². The third-order valence-electron chi connectivity index (χ3n) is 11.0. The van der Waals surface area contributed by atoms with Crippen molar-refractivity contribution in [2.45, 2.75) is 0 Å². The van der Waals surface area contributed by atoms with Crippen LogP contribution in [0.5, 0.6) is 0 Å². The van der Waals surface area contributed by atoms with E-state index in [2.05, 4.69) is 181 Å². The first-order valence-corrected chi connectivity index (χ1v) is 19.9. The van der Waals surface area contributed by atoms with Crippen LogP contribution < -0.4 is 4.90 Å². The second-order valence-corrected chi connectivity index (χ2v) is 16.3.